The Morgan fingerprint density at radius 1 is 1.21 bits per heavy atom. The van der Waals surface area contributed by atoms with Crippen LogP contribution in [0.25, 0.3) is 0 Å². The molecule has 1 aliphatic heterocycles. The molecule has 0 saturated carbocycles. The van der Waals surface area contributed by atoms with E-state index in [1.54, 1.807) is 6.08 Å². The summed E-state index contributed by atoms with van der Waals surface area (Å²) in [6.45, 7) is 12.3. The van der Waals surface area contributed by atoms with Crippen LogP contribution in [0, 0.1) is 0 Å². The zero-order valence-corrected chi connectivity index (χ0v) is 21.9. The van der Waals surface area contributed by atoms with Crippen molar-refractivity contribution in [3.63, 3.8) is 0 Å². The number of aromatic nitrogens is 2. The fourth-order valence-corrected chi connectivity index (χ4v) is 4.27. The predicted molar refractivity (Wildman–Crippen MR) is 152 cm³/mol. The van der Waals surface area contributed by atoms with Crippen molar-refractivity contribution in [2.45, 2.75) is 32.7 Å². The van der Waals surface area contributed by atoms with Crippen LogP contribution in [-0.4, -0.2) is 47.9 Å². The molecule has 0 spiro atoms. The molecule has 3 N–H and O–H groups in total. The van der Waals surface area contributed by atoms with Crippen molar-refractivity contribution in [2.24, 2.45) is 5.10 Å². The van der Waals surface area contributed by atoms with Crippen LogP contribution in [-0.2, 0) is 22.5 Å². The van der Waals surface area contributed by atoms with Gasteiger partial charge in [-0.05, 0) is 25.3 Å². The number of morpholine rings is 1. The fourth-order valence-electron chi connectivity index (χ4n) is 4.27. The molecule has 1 amide bonds. The molecule has 4 rings (SSSR count). The minimum absolute atomic E-state index is 0.146. The topological polar surface area (TPSA) is 104 Å². The second-order valence-electron chi connectivity index (χ2n) is 8.92. The van der Waals surface area contributed by atoms with Gasteiger partial charge in [-0.3, -0.25) is 10.2 Å². The summed E-state index contributed by atoms with van der Waals surface area (Å²) in [7, 11) is 0. The summed E-state index contributed by atoms with van der Waals surface area (Å²) in [5, 5.41) is 10.6. The number of ether oxygens (including phenoxy) is 1. The van der Waals surface area contributed by atoms with Crippen molar-refractivity contribution in [3.8, 4) is 0 Å². The third kappa shape index (κ3) is 7.17. The minimum Gasteiger partial charge on any atom is -0.378 e. The number of aryl methyl sites for hydroxylation is 1. The molecule has 9 heteroatoms. The molecule has 1 aromatic heterocycles. The average molecular weight is 514 g/mol. The number of hydrazone groups is 1. The Labute approximate surface area is 224 Å². The van der Waals surface area contributed by atoms with E-state index < -0.39 is 0 Å². The van der Waals surface area contributed by atoms with Crippen molar-refractivity contribution in [1.82, 2.24) is 20.6 Å². The summed E-state index contributed by atoms with van der Waals surface area (Å²) in [6, 6.07) is 10.2. The molecule has 0 unspecified atom stereocenters. The second kappa shape index (κ2) is 13.3. The van der Waals surface area contributed by atoms with Crippen LogP contribution in [0.3, 0.4) is 0 Å². The van der Waals surface area contributed by atoms with E-state index in [0.717, 1.165) is 43.2 Å². The number of fused-ring (bicyclic) bond motifs is 1. The van der Waals surface area contributed by atoms with Crippen LogP contribution in [0.2, 0.25) is 0 Å². The third-order valence-electron chi connectivity index (χ3n) is 6.31. The number of anilines is 2. The first kappa shape index (κ1) is 26.8. The number of hydrogen-bond donors (Lipinski definition) is 3. The molecule has 1 aromatic carbocycles. The highest BCUT2D eigenvalue weighted by atomic mass is 16.5. The molecule has 1 aliphatic carbocycles. The van der Waals surface area contributed by atoms with Crippen LogP contribution in [0.1, 0.15) is 36.7 Å². The molecule has 2 aromatic rings. The zero-order valence-electron chi connectivity index (χ0n) is 21.9. The standard InChI is InChI=1S/C29H35N7O2/c1-4-6-7-11-23(5-2)31-21(3)29(37)30-20-27-32-26(19-28(33-27)36-15-17-38-18-16-36)35-34-25-14-13-22-10-8-9-12-24(22)25/h4-10,12,19,31H,1,3,11,13-18,20H2,2H3,(H,30,37)(H,32,33,35)/b7-6-,23-5+,34-25+. The van der Waals surface area contributed by atoms with Crippen LogP contribution in [0.5, 0.6) is 0 Å². The van der Waals surface area contributed by atoms with Gasteiger partial charge in [0.25, 0.3) is 5.91 Å². The van der Waals surface area contributed by atoms with Gasteiger partial charge in [0.15, 0.2) is 11.6 Å². The Hall–Kier alpha value is -4.24. The van der Waals surface area contributed by atoms with E-state index in [-0.39, 0.29) is 18.1 Å². The number of hydrogen-bond acceptors (Lipinski definition) is 8. The van der Waals surface area contributed by atoms with Crippen LogP contribution < -0.4 is 21.0 Å². The van der Waals surface area contributed by atoms with Gasteiger partial charge >= 0.3 is 0 Å². The summed E-state index contributed by atoms with van der Waals surface area (Å²) >= 11 is 0. The SMILES string of the molecule is C=C/C=C\C/C(=C\C)NC(=C)C(=O)NCc1nc(N/N=C2\CCc3ccccc32)cc(N2CCOCC2)n1. The van der Waals surface area contributed by atoms with Gasteiger partial charge in [0, 0.05) is 36.8 Å². The Morgan fingerprint density at radius 3 is 2.82 bits per heavy atom. The maximum Gasteiger partial charge on any atom is 0.267 e. The molecule has 198 valence electrons. The highest BCUT2D eigenvalue weighted by Crippen LogP contribution is 2.23. The lowest BCUT2D eigenvalue weighted by Crippen LogP contribution is -2.37. The predicted octanol–water partition coefficient (Wildman–Crippen LogP) is 3.83. The summed E-state index contributed by atoms with van der Waals surface area (Å²) in [5.41, 5.74) is 7.73. The number of nitrogens with zero attached hydrogens (tertiary/aromatic N) is 4. The Morgan fingerprint density at radius 2 is 2.03 bits per heavy atom. The molecule has 2 heterocycles. The maximum absolute atomic E-state index is 12.7. The monoisotopic (exact) mass is 513 g/mol. The smallest absolute Gasteiger partial charge is 0.267 e. The molecule has 0 radical (unpaired) electrons. The summed E-state index contributed by atoms with van der Waals surface area (Å²) in [6.07, 6.45) is 9.92. The zero-order chi connectivity index (χ0) is 26.7. The molecule has 1 saturated heterocycles. The number of carbonyl (C=O) groups is 1. The first-order valence-corrected chi connectivity index (χ1v) is 12.9. The normalized spacial score (nSPS) is 16.4. The lowest BCUT2D eigenvalue weighted by molar-refractivity contribution is -0.118. The van der Waals surface area contributed by atoms with Gasteiger partial charge in [-0.25, -0.2) is 9.97 Å². The van der Waals surface area contributed by atoms with E-state index >= 15 is 0 Å². The minimum atomic E-state index is -0.324. The van der Waals surface area contributed by atoms with Gasteiger partial charge in [-0.1, -0.05) is 61.7 Å². The Kier molecular flexibility index (Phi) is 9.42. The van der Waals surface area contributed by atoms with Crippen LogP contribution >= 0.6 is 0 Å². The average Bonchev–Trinajstić information content (AvgIpc) is 3.37. The molecule has 9 nitrogen and oxygen atoms in total. The van der Waals surface area contributed by atoms with Crippen molar-refractivity contribution in [3.05, 3.63) is 96.1 Å². The summed E-state index contributed by atoms with van der Waals surface area (Å²) < 4.78 is 5.50. The van der Waals surface area contributed by atoms with Gasteiger partial charge in [0.2, 0.25) is 0 Å². The lowest BCUT2D eigenvalue weighted by atomic mass is 10.1. The number of allylic oxidation sites excluding steroid dienone is 4. The number of nitrogens with one attached hydrogen (secondary N) is 3. The number of rotatable bonds is 11. The fraction of sp³-hybridized carbons (Fsp3) is 0.310. The highest BCUT2D eigenvalue weighted by Gasteiger charge is 2.18. The lowest BCUT2D eigenvalue weighted by Gasteiger charge is -2.28. The first-order chi connectivity index (χ1) is 18.6. The van der Waals surface area contributed by atoms with E-state index in [2.05, 4.69) is 62.4 Å². The van der Waals surface area contributed by atoms with Gasteiger partial charge in [-0.15, -0.1) is 0 Å². The second-order valence-corrected chi connectivity index (χ2v) is 8.92. The first-order valence-electron chi connectivity index (χ1n) is 12.9. The van der Waals surface area contributed by atoms with Crippen molar-refractivity contribution in [1.29, 1.82) is 0 Å². The maximum atomic E-state index is 12.7. The van der Waals surface area contributed by atoms with Gasteiger partial charge in [0.1, 0.15) is 5.82 Å². The van der Waals surface area contributed by atoms with Gasteiger partial charge in [-0.2, -0.15) is 5.10 Å². The van der Waals surface area contributed by atoms with E-state index in [1.165, 1.54) is 11.1 Å². The Balaban J connectivity index is 1.45. The van der Waals surface area contributed by atoms with Crippen molar-refractivity contribution < 1.29 is 9.53 Å². The number of carbonyl (C=O) groups excluding carboxylic acids is 1. The highest BCUT2D eigenvalue weighted by molar-refractivity contribution is 6.04. The Bertz CT molecular complexity index is 1260. The molecule has 0 atom stereocenters. The van der Waals surface area contributed by atoms with E-state index in [1.807, 2.05) is 37.3 Å². The molecular formula is C29H35N7O2. The molecule has 0 bridgehead atoms. The molecular weight excluding hydrogens is 478 g/mol. The third-order valence-corrected chi connectivity index (χ3v) is 6.31. The summed E-state index contributed by atoms with van der Waals surface area (Å²) in [5.74, 6) is 1.49. The number of benzene rings is 1. The quantitative estimate of drug-likeness (QED) is 0.238. The van der Waals surface area contributed by atoms with Crippen molar-refractivity contribution in [2.75, 3.05) is 36.6 Å². The molecule has 2 aliphatic rings. The van der Waals surface area contributed by atoms with Crippen LogP contribution in [0.15, 0.2) is 84.3 Å². The van der Waals surface area contributed by atoms with Gasteiger partial charge < -0.3 is 20.3 Å². The van der Waals surface area contributed by atoms with E-state index in [9.17, 15) is 4.79 Å². The van der Waals surface area contributed by atoms with E-state index in [4.69, 9.17) is 9.72 Å². The largest absolute Gasteiger partial charge is 0.378 e. The van der Waals surface area contributed by atoms with Crippen LogP contribution in [0.4, 0.5) is 11.6 Å². The van der Waals surface area contributed by atoms with Crippen molar-refractivity contribution >= 4 is 23.3 Å². The number of amides is 1. The molecule has 1 fully saturated rings. The van der Waals surface area contributed by atoms with Gasteiger partial charge in [0.05, 0.1) is 31.2 Å². The molecule has 38 heavy (non-hydrogen) atoms. The summed E-state index contributed by atoms with van der Waals surface area (Å²) in [4.78, 5) is 24.2. The van der Waals surface area contributed by atoms with E-state index in [0.29, 0.717) is 31.3 Å².